The lowest BCUT2D eigenvalue weighted by Crippen LogP contribution is -2.31. The molecule has 5 nitrogen and oxygen atoms in total. The summed E-state index contributed by atoms with van der Waals surface area (Å²) in [6.07, 6.45) is 1.67. The van der Waals surface area contributed by atoms with Crippen molar-refractivity contribution in [2.24, 2.45) is 0 Å². The van der Waals surface area contributed by atoms with E-state index >= 15 is 0 Å². The molecule has 0 aliphatic rings. The minimum Gasteiger partial charge on any atom is -0.348 e. The molecule has 23 heavy (non-hydrogen) atoms. The van der Waals surface area contributed by atoms with Crippen molar-refractivity contribution in [3.63, 3.8) is 0 Å². The van der Waals surface area contributed by atoms with Crippen molar-refractivity contribution >= 4 is 39.2 Å². The van der Waals surface area contributed by atoms with Crippen LogP contribution in [0.1, 0.15) is 17.4 Å². The number of amides is 1. The molecular formula is C16H21N3O2S2. The van der Waals surface area contributed by atoms with E-state index in [-0.39, 0.29) is 16.7 Å². The van der Waals surface area contributed by atoms with Crippen LogP contribution in [0.3, 0.4) is 0 Å². The maximum Gasteiger partial charge on any atom is 0.263 e. The molecule has 0 unspecified atom stereocenters. The lowest BCUT2D eigenvalue weighted by atomic mass is 10.2. The summed E-state index contributed by atoms with van der Waals surface area (Å²) < 4.78 is 1.60. The number of thiophene rings is 1. The van der Waals surface area contributed by atoms with Gasteiger partial charge in [-0.05, 0) is 26.3 Å². The average molecular weight is 351 g/mol. The Morgan fingerprint density at radius 1 is 1.48 bits per heavy atom. The zero-order valence-corrected chi connectivity index (χ0v) is 15.7. The number of fused-ring (bicyclic) bond motifs is 1. The molecule has 2 aromatic heterocycles. The summed E-state index contributed by atoms with van der Waals surface area (Å²) in [5.74, 6) is -0.00644. The number of carbonyl (C=O) groups excluding carboxylic acids is 1. The van der Waals surface area contributed by atoms with E-state index in [0.717, 1.165) is 15.3 Å². The van der Waals surface area contributed by atoms with Crippen molar-refractivity contribution in [3.05, 3.63) is 33.4 Å². The van der Waals surface area contributed by atoms with E-state index in [0.29, 0.717) is 17.1 Å². The quantitative estimate of drug-likeness (QED) is 0.472. The van der Waals surface area contributed by atoms with Crippen molar-refractivity contribution in [1.29, 1.82) is 0 Å². The van der Waals surface area contributed by atoms with Crippen LogP contribution in [0.4, 0.5) is 0 Å². The number of allylic oxidation sites excluding steroid dienone is 1. The number of rotatable bonds is 5. The summed E-state index contributed by atoms with van der Waals surface area (Å²) in [6.45, 7) is 9.86. The minimum absolute atomic E-state index is 0.00644. The molecule has 0 N–H and O–H groups in total. The van der Waals surface area contributed by atoms with Crippen LogP contribution in [-0.4, -0.2) is 39.7 Å². The fourth-order valence-corrected chi connectivity index (χ4v) is 4.39. The molecule has 0 saturated carbocycles. The van der Waals surface area contributed by atoms with Crippen molar-refractivity contribution in [1.82, 2.24) is 14.5 Å². The van der Waals surface area contributed by atoms with Crippen LogP contribution in [0.15, 0.2) is 22.6 Å². The summed E-state index contributed by atoms with van der Waals surface area (Å²) in [5.41, 5.74) is 0.915. The predicted octanol–water partition coefficient (Wildman–Crippen LogP) is 2.83. The molecule has 0 bridgehead atoms. The van der Waals surface area contributed by atoms with Crippen LogP contribution < -0.4 is 5.56 Å². The highest BCUT2D eigenvalue weighted by Crippen LogP contribution is 2.29. The second-order valence-electron chi connectivity index (χ2n) is 5.55. The van der Waals surface area contributed by atoms with Gasteiger partial charge in [0, 0.05) is 25.5 Å². The second-order valence-corrected chi connectivity index (χ2v) is 8.07. The van der Waals surface area contributed by atoms with E-state index in [9.17, 15) is 9.59 Å². The van der Waals surface area contributed by atoms with Gasteiger partial charge in [0.1, 0.15) is 4.83 Å². The van der Waals surface area contributed by atoms with Gasteiger partial charge in [0.25, 0.3) is 5.56 Å². The molecule has 0 aliphatic carbocycles. The van der Waals surface area contributed by atoms with Crippen LogP contribution in [0.25, 0.3) is 10.2 Å². The van der Waals surface area contributed by atoms with E-state index in [4.69, 9.17) is 0 Å². The first-order valence-electron chi connectivity index (χ1n) is 7.27. The number of aromatic nitrogens is 2. The third-order valence-electron chi connectivity index (χ3n) is 3.64. The van der Waals surface area contributed by atoms with Crippen LogP contribution in [0, 0.1) is 13.8 Å². The van der Waals surface area contributed by atoms with Crippen molar-refractivity contribution in [2.45, 2.75) is 37.7 Å². The van der Waals surface area contributed by atoms with Crippen molar-refractivity contribution in [3.8, 4) is 0 Å². The average Bonchev–Trinajstić information content (AvgIpc) is 2.77. The predicted molar refractivity (Wildman–Crippen MR) is 97.6 cm³/mol. The van der Waals surface area contributed by atoms with E-state index in [1.807, 2.05) is 20.8 Å². The molecule has 1 atom stereocenters. The summed E-state index contributed by atoms with van der Waals surface area (Å²) in [6, 6.07) is 0. The van der Waals surface area contributed by atoms with E-state index in [2.05, 4.69) is 11.6 Å². The Bertz CT molecular complexity index is 821. The number of thioether (sulfide) groups is 1. The minimum atomic E-state index is -0.312. The number of carbonyl (C=O) groups is 1. The SMILES string of the molecule is C=CCn1c(S[C@@H](C)C(=O)N(C)C)nc2sc(C)c(C)c2c1=O. The molecular weight excluding hydrogens is 330 g/mol. The lowest BCUT2D eigenvalue weighted by molar-refractivity contribution is -0.127. The summed E-state index contributed by atoms with van der Waals surface area (Å²) in [5, 5.41) is 0.921. The number of nitrogens with zero attached hydrogens (tertiary/aromatic N) is 3. The van der Waals surface area contributed by atoms with E-state index in [1.165, 1.54) is 23.1 Å². The molecule has 0 aliphatic heterocycles. The van der Waals surface area contributed by atoms with Gasteiger partial charge in [-0.3, -0.25) is 14.2 Å². The monoisotopic (exact) mass is 351 g/mol. The second kappa shape index (κ2) is 6.88. The molecule has 0 spiro atoms. The van der Waals surface area contributed by atoms with Gasteiger partial charge in [-0.25, -0.2) is 4.98 Å². The maximum absolute atomic E-state index is 12.8. The van der Waals surface area contributed by atoms with Gasteiger partial charge in [0.15, 0.2) is 5.16 Å². The molecule has 7 heteroatoms. The summed E-state index contributed by atoms with van der Waals surface area (Å²) in [7, 11) is 3.44. The molecule has 0 fully saturated rings. The van der Waals surface area contributed by atoms with Gasteiger partial charge < -0.3 is 4.90 Å². The molecule has 0 radical (unpaired) electrons. The standard InChI is InChI=1S/C16H21N3O2S2/c1-7-8-19-15(21)12-9(2)10(3)22-13(12)17-16(19)23-11(4)14(20)18(5)6/h7,11H,1,8H2,2-6H3/t11-/m0/s1. The topological polar surface area (TPSA) is 55.2 Å². The van der Waals surface area contributed by atoms with Gasteiger partial charge in [-0.15, -0.1) is 17.9 Å². The first-order valence-corrected chi connectivity index (χ1v) is 8.96. The molecule has 1 amide bonds. The van der Waals surface area contributed by atoms with Crippen LogP contribution >= 0.6 is 23.1 Å². The third kappa shape index (κ3) is 3.35. The highest BCUT2D eigenvalue weighted by Gasteiger charge is 2.21. The Morgan fingerprint density at radius 2 is 2.13 bits per heavy atom. The van der Waals surface area contributed by atoms with Crippen LogP contribution in [-0.2, 0) is 11.3 Å². The molecule has 0 aromatic carbocycles. The fourth-order valence-electron chi connectivity index (χ4n) is 2.26. The van der Waals surface area contributed by atoms with Crippen LogP contribution in [0.5, 0.6) is 0 Å². The number of aryl methyl sites for hydroxylation is 2. The first-order chi connectivity index (χ1) is 10.8. The first kappa shape index (κ1) is 17.7. The molecule has 2 rings (SSSR count). The van der Waals surface area contributed by atoms with Gasteiger partial charge >= 0.3 is 0 Å². The normalized spacial score (nSPS) is 12.4. The Morgan fingerprint density at radius 3 is 2.70 bits per heavy atom. The Kier molecular flexibility index (Phi) is 5.31. The summed E-state index contributed by atoms with van der Waals surface area (Å²) >= 11 is 2.83. The molecule has 2 heterocycles. The van der Waals surface area contributed by atoms with E-state index in [1.54, 1.807) is 29.6 Å². The van der Waals surface area contributed by atoms with Gasteiger partial charge in [0.2, 0.25) is 5.91 Å². The van der Waals surface area contributed by atoms with Gasteiger partial charge in [-0.1, -0.05) is 17.8 Å². The third-order valence-corrected chi connectivity index (χ3v) is 5.82. The van der Waals surface area contributed by atoms with Gasteiger partial charge in [0.05, 0.1) is 10.6 Å². The largest absolute Gasteiger partial charge is 0.348 e. The zero-order valence-electron chi connectivity index (χ0n) is 14.0. The lowest BCUT2D eigenvalue weighted by Gasteiger charge is -2.17. The Labute approximate surface area is 144 Å². The zero-order chi connectivity index (χ0) is 17.3. The molecule has 2 aromatic rings. The van der Waals surface area contributed by atoms with E-state index < -0.39 is 0 Å². The highest BCUT2D eigenvalue weighted by molar-refractivity contribution is 8.00. The van der Waals surface area contributed by atoms with Gasteiger partial charge in [-0.2, -0.15) is 0 Å². The Balaban J connectivity index is 2.58. The number of hydrogen-bond donors (Lipinski definition) is 0. The molecule has 0 saturated heterocycles. The maximum atomic E-state index is 12.8. The summed E-state index contributed by atoms with van der Waals surface area (Å²) in [4.78, 5) is 32.9. The van der Waals surface area contributed by atoms with Crippen molar-refractivity contribution in [2.75, 3.05) is 14.1 Å². The van der Waals surface area contributed by atoms with Crippen LogP contribution in [0.2, 0.25) is 0 Å². The highest BCUT2D eigenvalue weighted by atomic mass is 32.2. The Hall–Kier alpha value is -1.60. The smallest absolute Gasteiger partial charge is 0.263 e. The number of hydrogen-bond acceptors (Lipinski definition) is 5. The van der Waals surface area contributed by atoms with Crippen molar-refractivity contribution < 1.29 is 4.79 Å². The molecule has 124 valence electrons. The fraction of sp³-hybridized carbons (Fsp3) is 0.438.